The van der Waals surface area contributed by atoms with Gasteiger partial charge in [0.15, 0.2) is 0 Å². The van der Waals surface area contributed by atoms with Crippen LogP contribution in [0.5, 0.6) is 0 Å². The molecule has 1 aliphatic heterocycles. The second kappa shape index (κ2) is 6.61. The normalized spacial score (nSPS) is 18.0. The van der Waals surface area contributed by atoms with Crippen LogP contribution in [0, 0.1) is 5.82 Å². The average Bonchev–Trinajstić information content (AvgIpc) is 2.60. The van der Waals surface area contributed by atoms with Crippen LogP contribution >= 0.6 is 0 Å². The first-order chi connectivity index (χ1) is 9.63. The molecule has 1 saturated heterocycles. The molecule has 0 bridgehead atoms. The quantitative estimate of drug-likeness (QED) is 0.857. The van der Waals surface area contributed by atoms with Gasteiger partial charge in [-0.3, -0.25) is 14.5 Å². The van der Waals surface area contributed by atoms with Crippen molar-refractivity contribution >= 4 is 11.8 Å². The number of hydrogen-bond donors (Lipinski definition) is 1. The molecule has 108 valence electrons. The molecule has 5 heteroatoms. The van der Waals surface area contributed by atoms with E-state index in [0.29, 0.717) is 18.4 Å². The van der Waals surface area contributed by atoms with Crippen LogP contribution in [0.15, 0.2) is 24.3 Å². The molecule has 0 aliphatic carbocycles. The molecular weight excluding hydrogens is 259 g/mol. The number of likely N-dealkylation sites (tertiary alicyclic amines) is 1. The van der Waals surface area contributed by atoms with Crippen molar-refractivity contribution in [1.29, 1.82) is 0 Å². The predicted molar refractivity (Wildman–Crippen MR) is 73.4 cm³/mol. The molecule has 0 aromatic heterocycles. The van der Waals surface area contributed by atoms with Crippen molar-refractivity contribution in [2.75, 3.05) is 13.6 Å². The van der Waals surface area contributed by atoms with Gasteiger partial charge in [-0.15, -0.1) is 0 Å². The molecule has 4 nitrogen and oxygen atoms in total. The number of nitrogens with zero attached hydrogens (tertiary/aromatic N) is 1. The van der Waals surface area contributed by atoms with Crippen molar-refractivity contribution < 1.29 is 14.0 Å². The number of nitrogens with one attached hydrogen (secondary N) is 1. The van der Waals surface area contributed by atoms with Gasteiger partial charge in [0, 0.05) is 24.9 Å². The molecule has 1 atom stereocenters. The van der Waals surface area contributed by atoms with E-state index < -0.39 is 0 Å². The summed E-state index contributed by atoms with van der Waals surface area (Å²) in [6.07, 6.45) is 2.26. The van der Waals surface area contributed by atoms with E-state index in [1.807, 2.05) is 0 Å². The summed E-state index contributed by atoms with van der Waals surface area (Å²) in [4.78, 5) is 25.2. The Kier molecular flexibility index (Phi) is 4.84. The van der Waals surface area contributed by atoms with Crippen LogP contribution in [-0.2, 0) is 9.59 Å². The van der Waals surface area contributed by atoms with E-state index in [1.54, 1.807) is 25.2 Å². The smallest absolute Gasteiger partial charge is 0.229 e. The summed E-state index contributed by atoms with van der Waals surface area (Å²) < 4.78 is 13.8. The third-order valence-corrected chi connectivity index (χ3v) is 3.63. The van der Waals surface area contributed by atoms with Crippen molar-refractivity contribution in [3.63, 3.8) is 0 Å². The Labute approximate surface area is 118 Å². The number of imide groups is 1. The number of amides is 2. The molecule has 1 aliphatic rings. The molecule has 1 N–H and O–H groups in total. The van der Waals surface area contributed by atoms with Gasteiger partial charge >= 0.3 is 0 Å². The summed E-state index contributed by atoms with van der Waals surface area (Å²) in [5, 5.41) is 2.98. The van der Waals surface area contributed by atoms with Crippen molar-refractivity contribution in [3.05, 3.63) is 35.6 Å². The highest BCUT2D eigenvalue weighted by molar-refractivity contribution is 5.96. The zero-order chi connectivity index (χ0) is 14.5. The molecule has 1 unspecified atom stereocenters. The minimum Gasteiger partial charge on any atom is -0.311 e. The van der Waals surface area contributed by atoms with Crippen molar-refractivity contribution in [1.82, 2.24) is 10.2 Å². The van der Waals surface area contributed by atoms with Gasteiger partial charge in [-0.25, -0.2) is 4.39 Å². The van der Waals surface area contributed by atoms with Crippen molar-refractivity contribution in [2.45, 2.75) is 31.7 Å². The predicted octanol–water partition coefficient (Wildman–Crippen LogP) is 2.02. The summed E-state index contributed by atoms with van der Waals surface area (Å²) >= 11 is 0. The van der Waals surface area contributed by atoms with Crippen LogP contribution < -0.4 is 5.32 Å². The SMILES string of the molecule is CNC(CN1C(=O)CCCCC1=O)c1ccccc1F. The molecule has 1 aromatic carbocycles. The number of rotatable bonds is 4. The molecule has 2 amide bonds. The largest absolute Gasteiger partial charge is 0.311 e. The van der Waals surface area contributed by atoms with E-state index in [1.165, 1.54) is 11.0 Å². The molecule has 0 spiro atoms. The van der Waals surface area contributed by atoms with Crippen molar-refractivity contribution in [3.8, 4) is 0 Å². The molecule has 0 saturated carbocycles. The first-order valence-electron chi connectivity index (χ1n) is 6.88. The standard InChI is InChI=1S/C15H19FN2O2/c1-17-13(11-6-2-3-7-12(11)16)10-18-14(19)8-4-5-9-15(18)20/h2-3,6-7,13,17H,4-5,8-10H2,1H3. The minimum atomic E-state index is -0.387. The summed E-state index contributed by atoms with van der Waals surface area (Å²) in [7, 11) is 1.70. The topological polar surface area (TPSA) is 49.4 Å². The maximum atomic E-state index is 13.8. The maximum Gasteiger partial charge on any atom is 0.229 e. The number of likely N-dealkylation sites (N-methyl/N-ethyl adjacent to an activating group) is 1. The Morgan fingerprint density at radius 2 is 1.80 bits per heavy atom. The lowest BCUT2D eigenvalue weighted by molar-refractivity contribution is -0.144. The first kappa shape index (κ1) is 14.7. The Hall–Kier alpha value is -1.75. The van der Waals surface area contributed by atoms with Crippen LogP contribution in [-0.4, -0.2) is 30.3 Å². The highest BCUT2D eigenvalue weighted by Gasteiger charge is 2.27. The fourth-order valence-electron chi connectivity index (χ4n) is 2.45. The van der Waals surface area contributed by atoms with Gasteiger partial charge in [0.05, 0.1) is 6.04 Å². The third kappa shape index (κ3) is 3.22. The van der Waals surface area contributed by atoms with E-state index >= 15 is 0 Å². The van der Waals surface area contributed by atoms with Gasteiger partial charge in [-0.2, -0.15) is 0 Å². The van der Waals surface area contributed by atoms with Gasteiger partial charge in [0.1, 0.15) is 5.82 Å². The van der Waals surface area contributed by atoms with Crippen LogP contribution in [0.25, 0.3) is 0 Å². The highest BCUT2D eigenvalue weighted by atomic mass is 19.1. The fraction of sp³-hybridized carbons (Fsp3) is 0.467. The summed E-state index contributed by atoms with van der Waals surface area (Å²) in [5.74, 6) is -0.658. The van der Waals surface area contributed by atoms with Crippen LogP contribution in [0.4, 0.5) is 4.39 Å². The Bertz CT molecular complexity index is 486. The number of halogens is 1. The van der Waals surface area contributed by atoms with Gasteiger partial charge in [-0.05, 0) is 26.0 Å². The van der Waals surface area contributed by atoms with E-state index in [-0.39, 0.29) is 30.2 Å². The van der Waals surface area contributed by atoms with Gasteiger partial charge < -0.3 is 5.32 Å². The Morgan fingerprint density at radius 3 is 2.35 bits per heavy atom. The Balaban J connectivity index is 2.18. The van der Waals surface area contributed by atoms with Gasteiger partial charge in [0.25, 0.3) is 0 Å². The zero-order valence-electron chi connectivity index (χ0n) is 11.6. The zero-order valence-corrected chi connectivity index (χ0v) is 11.6. The Morgan fingerprint density at radius 1 is 1.20 bits per heavy atom. The summed E-state index contributed by atoms with van der Waals surface area (Å²) in [6, 6.07) is 6.03. The molecule has 1 aromatic rings. The lowest BCUT2D eigenvalue weighted by Gasteiger charge is -2.25. The molecule has 1 fully saturated rings. The lowest BCUT2D eigenvalue weighted by Crippen LogP contribution is -2.41. The van der Waals surface area contributed by atoms with Crippen LogP contribution in [0.2, 0.25) is 0 Å². The van der Waals surface area contributed by atoms with E-state index in [0.717, 1.165) is 12.8 Å². The van der Waals surface area contributed by atoms with Crippen LogP contribution in [0.3, 0.4) is 0 Å². The van der Waals surface area contributed by atoms with E-state index in [2.05, 4.69) is 5.32 Å². The second-order valence-corrected chi connectivity index (χ2v) is 4.97. The van der Waals surface area contributed by atoms with Crippen molar-refractivity contribution in [2.24, 2.45) is 0 Å². The van der Waals surface area contributed by atoms with E-state index in [4.69, 9.17) is 0 Å². The molecular formula is C15H19FN2O2. The van der Waals surface area contributed by atoms with Crippen LogP contribution in [0.1, 0.15) is 37.3 Å². The average molecular weight is 278 g/mol. The van der Waals surface area contributed by atoms with E-state index in [9.17, 15) is 14.0 Å². The minimum absolute atomic E-state index is 0.163. The number of carbonyl (C=O) groups is 2. The lowest BCUT2D eigenvalue weighted by atomic mass is 10.1. The first-order valence-corrected chi connectivity index (χ1v) is 6.88. The summed E-state index contributed by atoms with van der Waals surface area (Å²) in [6.45, 7) is 0.176. The second-order valence-electron chi connectivity index (χ2n) is 4.97. The fourth-order valence-corrected chi connectivity index (χ4v) is 2.45. The molecule has 0 radical (unpaired) electrons. The third-order valence-electron chi connectivity index (χ3n) is 3.63. The molecule has 20 heavy (non-hydrogen) atoms. The monoisotopic (exact) mass is 278 g/mol. The molecule has 2 rings (SSSR count). The molecule has 1 heterocycles. The highest BCUT2D eigenvalue weighted by Crippen LogP contribution is 2.20. The summed E-state index contributed by atoms with van der Waals surface area (Å²) in [5.41, 5.74) is 0.472. The van der Waals surface area contributed by atoms with Gasteiger partial charge in [-0.1, -0.05) is 18.2 Å². The maximum absolute atomic E-state index is 13.8. The number of hydrogen-bond acceptors (Lipinski definition) is 3. The number of carbonyl (C=O) groups excluding carboxylic acids is 2. The number of benzene rings is 1. The van der Waals surface area contributed by atoms with Gasteiger partial charge in [0.2, 0.25) is 11.8 Å².